The van der Waals surface area contributed by atoms with Gasteiger partial charge in [-0.05, 0) is 19.2 Å². The predicted molar refractivity (Wildman–Crippen MR) is 60.3 cm³/mol. The largest absolute Gasteiger partial charge is 0.489 e. The minimum atomic E-state index is -0.552. The maximum atomic E-state index is 13.7. The van der Waals surface area contributed by atoms with E-state index in [1.807, 2.05) is 0 Å². The number of fused-ring (bicyclic) bond motifs is 1. The second kappa shape index (κ2) is 5.14. The zero-order chi connectivity index (χ0) is 12.3. The normalized spacial score (nSPS) is 14.2. The van der Waals surface area contributed by atoms with Gasteiger partial charge in [0.05, 0.1) is 19.8 Å². The minimum absolute atomic E-state index is 0.100. The topological polar surface area (TPSA) is 47.6 Å². The van der Waals surface area contributed by atoms with Gasteiger partial charge in [0.2, 0.25) is 0 Å². The van der Waals surface area contributed by atoms with Crippen LogP contribution in [0.5, 0.6) is 11.5 Å². The van der Waals surface area contributed by atoms with E-state index >= 15 is 0 Å². The molecule has 1 aromatic rings. The van der Waals surface area contributed by atoms with E-state index in [0.717, 1.165) is 0 Å². The van der Waals surface area contributed by atoms with E-state index in [4.69, 9.17) is 9.47 Å². The maximum absolute atomic E-state index is 13.7. The van der Waals surface area contributed by atoms with Crippen molar-refractivity contribution < 1.29 is 18.7 Å². The van der Waals surface area contributed by atoms with Crippen LogP contribution in [0, 0.1) is 5.82 Å². The van der Waals surface area contributed by atoms with Crippen molar-refractivity contribution in [1.82, 2.24) is 5.32 Å². The molecule has 92 valence electrons. The van der Waals surface area contributed by atoms with Crippen molar-refractivity contribution in [3.8, 4) is 11.5 Å². The summed E-state index contributed by atoms with van der Waals surface area (Å²) >= 11 is 0. The molecule has 0 spiro atoms. The highest BCUT2D eigenvalue weighted by Crippen LogP contribution is 2.33. The van der Waals surface area contributed by atoms with Gasteiger partial charge in [0.25, 0.3) is 0 Å². The summed E-state index contributed by atoms with van der Waals surface area (Å²) in [6.07, 6.45) is 0.702. The smallest absolute Gasteiger partial charge is 0.197 e. The maximum Gasteiger partial charge on any atom is 0.197 e. The number of carbonyl (C=O) groups excluding carboxylic acids is 1. The summed E-state index contributed by atoms with van der Waals surface area (Å²) in [5.41, 5.74) is 0.293. The van der Waals surface area contributed by atoms with Gasteiger partial charge in [0.15, 0.2) is 23.1 Å². The van der Waals surface area contributed by atoms with E-state index in [0.29, 0.717) is 30.9 Å². The van der Waals surface area contributed by atoms with Crippen LogP contribution >= 0.6 is 0 Å². The van der Waals surface area contributed by atoms with Crippen LogP contribution in [-0.2, 0) is 0 Å². The zero-order valence-electron chi connectivity index (χ0n) is 9.59. The first kappa shape index (κ1) is 11.9. The van der Waals surface area contributed by atoms with E-state index < -0.39 is 5.82 Å². The van der Waals surface area contributed by atoms with Gasteiger partial charge in [-0.15, -0.1) is 0 Å². The molecule has 4 nitrogen and oxygen atoms in total. The van der Waals surface area contributed by atoms with Crippen molar-refractivity contribution >= 4 is 5.78 Å². The second-order valence-corrected chi connectivity index (χ2v) is 3.79. The lowest BCUT2D eigenvalue weighted by Crippen LogP contribution is -2.18. The van der Waals surface area contributed by atoms with Gasteiger partial charge in [0.1, 0.15) is 0 Å². The lowest BCUT2D eigenvalue weighted by atomic mass is 10.1. The summed E-state index contributed by atoms with van der Waals surface area (Å²) < 4.78 is 24.3. The molecule has 17 heavy (non-hydrogen) atoms. The Balaban J connectivity index is 2.35. The molecule has 1 heterocycles. The van der Waals surface area contributed by atoms with Crippen LogP contribution in [0.3, 0.4) is 0 Å². The molecular weight excluding hydrogens is 225 g/mol. The molecule has 1 aliphatic rings. The van der Waals surface area contributed by atoms with Gasteiger partial charge in [-0.2, -0.15) is 0 Å². The molecule has 1 aliphatic heterocycles. The fourth-order valence-electron chi connectivity index (χ4n) is 1.65. The molecule has 5 heteroatoms. The first-order chi connectivity index (χ1) is 8.22. The monoisotopic (exact) mass is 239 g/mol. The third-order valence-corrected chi connectivity index (χ3v) is 2.46. The standard InChI is InChI=1S/C12H14FNO3/c1-14-7-10(15)8-5-9(13)12-11(6-8)16-3-2-4-17-12/h5-6,14H,2-4,7H2,1H3. The molecule has 0 unspecified atom stereocenters. The van der Waals surface area contributed by atoms with Gasteiger partial charge < -0.3 is 14.8 Å². The first-order valence-electron chi connectivity index (χ1n) is 5.49. The average Bonchev–Trinajstić information content (AvgIpc) is 2.54. The van der Waals surface area contributed by atoms with Crippen LogP contribution in [-0.4, -0.2) is 32.6 Å². The summed E-state index contributed by atoms with van der Waals surface area (Å²) in [5, 5.41) is 2.73. The molecule has 0 saturated carbocycles. The number of ether oxygens (including phenoxy) is 2. The van der Waals surface area contributed by atoms with Crippen molar-refractivity contribution in [2.24, 2.45) is 0 Å². The summed E-state index contributed by atoms with van der Waals surface area (Å²) in [5.74, 6) is -0.323. The highest BCUT2D eigenvalue weighted by atomic mass is 19.1. The number of ketones is 1. The summed E-state index contributed by atoms with van der Waals surface area (Å²) in [4.78, 5) is 11.6. The van der Waals surface area contributed by atoms with Crippen molar-refractivity contribution in [2.75, 3.05) is 26.8 Å². The van der Waals surface area contributed by atoms with Gasteiger partial charge >= 0.3 is 0 Å². The summed E-state index contributed by atoms with van der Waals surface area (Å²) in [6, 6.07) is 2.72. The molecule has 0 aromatic heterocycles. The number of nitrogens with one attached hydrogen (secondary N) is 1. The number of hydrogen-bond donors (Lipinski definition) is 1. The Labute approximate surface area is 98.7 Å². The predicted octanol–water partition coefficient (Wildman–Crippen LogP) is 1.39. The summed E-state index contributed by atoms with van der Waals surface area (Å²) in [6.45, 7) is 1.06. The van der Waals surface area contributed by atoms with E-state index in [2.05, 4.69) is 5.32 Å². The lowest BCUT2D eigenvalue weighted by Gasteiger charge is -2.10. The van der Waals surface area contributed by atoms with Gasteiger partial charge in [0, 0.05) is 12.0 Å². The van der Waals surface area contributed by atoms with E-state index in [1.54, 1.807) is 7.05 Å². The highest BCUT2D eigenvalue weighted by Gasteiger charge is 2.18. The second-order valence-electron chi connectivity index (χ2n) is 3.79. The van der Waals surface area contributed by atoms with Crippen molar-refractivity contribution in [3.63, 3.8) is 0 Å². The number of likely N-dealkylation sites (N-methyl/N-ethyl adjacent to an activating group) is 1. The van der Waals surface area contributed by atoms with Gasteiger partial charge in [-0.1, -0.05) is 0 Å². The molecule has 0 aliphatic carbocycles. The Bertz CT molecular complexity index is 434. The quantitative estimate of drug-likeness (QED) is 0.810. The Morgan fingerprint density at radius 1 is 1.41 bits per heavy atom. The highest BCUT2D eigenvalue weighted by molar-refractivity contribution is 5.98. The first-order valence-corrected chi connectivity index (χ1v) is 5.49. The molecule has 0 saturated heterocycles. The average molecular weight is 239 g/mol. The van der Waals surface area contributed by atoms with Crippen molar-refractivity contribution in [3.05, 3.63) is 23.5 Å². The molecule has 0 atom stereocenters. The third kappa shape index (κ3) is 2.55. The van der Waals surface area contributed by atoms with Crippen LogP contribution in [0.4, 0.5) is 4.39 Å². The van der Waals surface area contributed by atoms with Gasteiger partial charge in [-0.25, -0.2) is 4.39 Å². The van der Waals surface area contributed by atoms with E-state index in [1.165, 1.54) is 12.1 Å². The lowest BCUT2D eigenvalue weighted by molar-refractivity contribution is 0.0992. The van der Waals surface area contributed by atoms with Crippen LogP contribution in [0.15, 0.2) is 12.1 Å². The Morgan fingerprint density at radius 2 is 2.18 bits per heavy atom. The molecule has 0 bridgehead atoms. The van der Waals surface area contributed by atoms with Crippen LogP contribution in [0.1, 0.15) is 16.8 Å². The van der Waals surface area contributed by atoms with Crippen LogP contribution in [0.2, 0.25) is 0 Å². The number of halogens is 1. The van der Waals surface area contributed by atoms with Crippen molar-refractivity contribution in [2.45, 2.75) is 6.42 Å². The Kier molecular flexibility index (Phi) is 3.58. The van der Waals surface area contributed by atoms with E-state index in [-0.39, 0.29) is 18.1 Å². The van der Waals surface area contributed by atoms with Gasteiger partial charge in [-0.3, -0.25) is 4.79 Å². The molecular formula is C12H14FNO3. The minimum Gasteiger partial charge on any atom is -0.489 e. The SMILES string of the molecule is CNCC(=O)c1cc(F)c2c(c1)OCCCO2. The van der Waals surface area contributed by atoms with E-state index in [9.17, 15) is 9.18 Å². The molecule has 1 aromatic carbocycles. The zero-order valence-corrected chi connectivity index (χ0v) is 9.59. The number of benzene rings is 1. The molecule has 0 amide bonds. The molecule has 1 N–H and O–H groups in total. The molecule has 0 fully saturated rings. The fraction of sp³-hybridized carbons (Fsp3) is 0.417. The number of rotatable bonds is 3. The Hall–Kier alpha value is -1.62. The van der Waals surface area contributed by atoms with Crippen LogP contribution in [0.25, 0.3) is 0 Å². The third-order valence-electron chi connectivity index (χ3n) is 2.46. The number of hydrogen-bond acceptors (Lipinski definition) is 4. The number of carbonyl (C=O) groups is 1. The van der Waals surface area contributed by atoms with Crippen molar-refractivity contribution in [1.29, 1.82) is 0 Å². The molecule has 0 radical (unpaired) electrons. The summed E-state index contributed by atoms with van der Waals surface area (Å²) in [7, 11) is 1.66. The fourth-order valence-corrected chi connectivity index (χ4v) is 1.65. The van der Waals surface area contributed by atoms with Crippen LogP contribution < -0.4 is 14.8 Å². The Morgan fingerprint density at radius 3 is 2.94 bits per heavy atom. The molecule has 2 rings (SSSR count). The number of Topliss-reactive ketones (excluding diaryl/α,β-unsaturated/α-hetero) is 1.